The number of halogens is 1. The maximum absolute atomic E-state index is 12.6. The van der Waals surface area contributed by atoms with Crippen LogP contribution in [0.4, 0.5) is 4.79 Å². The number of aromatic nitrogens is 1. The molecule has 0 spiro atoms. The Balaban J connectivity index is 2.58. The molecule has 8 heteroatoms. The molecule has 0 unspecified atom stereocenters. The summed E-state index contributed by atoms with van der Waals surface area (Å²) in [6, 6.07) is 8.12. The molecule has 1 aromatic heterocycles. The summed E-state index contributed by atoms with van der Waals surface area (Å²) in [6.45, 7) is 12.0. The largest absolute Gasteiger partial charge is 0.467 e. The predicted octanol–water partition coefficient (Wildman–Crippen LogP) is 5.15. The summed E-state index contributed by atoms with van der Waals surface area (Å²) in [4.78, 5) is 28.6. The molecule has 0 fully saturated rings. The van der Waals surface area contributed by atoms with Gasteiger partial charge in [0.2, 0.25) is 0 Å². The summed E-state index contributed by atoms with van der Waals surface area (Å²) in [5.74, 6) is -0.509. The number of methoxy groups -OCH3 is 1. The number of nitrogens with one attached hydrogen (secondary N) is 2. The van der Waals surface area contributed by atoms with Crippen molar-refractivity contribution in [3.05, 3.63) is 28.8 Å². The summed E-state index contributed by atoms with van der Waals surface area (Å²) < 4.78 is 10.4. The molecule has 1 atom stereocenters. The van der Waals surface area contributed by atoms with E-state index in [1.54, 1.807) is 20.8 Å². The number of hydrogen-bond donors (Lipinski definition) is 2. The average Bonchev–Trinajstić information content (AvgIpc) is 3.08. The highest BCUT2D eigenvalue weighted by atomic mass is 35.5. The Morgan fingerprint density at radius 3 is 2.29 bits per heavy atom. The Hall–Kier alpha value is -1.99. The third-order valence-corrected chi connectivity index (χ3v) is 11.9. The fourth-order valence-electron chi connectivity index (χ4n) is 4.17. The van der Waals surface area contributed by atoms with Crippen molar-refractivity contribution in [1.82, 2.24) is 10.3 Å². The van der Waals surface area contributed by atoms with Gasteiger partial charge in [-0.25, -0.2) is 9.59 Å². The minimum Gasteiger partial charge on any atom is -0.467 e. The summed E-state index contributed by atoms with van der Waals surface area (Å²) in [5, 5.41) is 5.53. The van der Waals surface area contributed by atoms with Gasteiger partial charge in [-0.05, 0) is 32.4 Å². The molecule has 0 aliphatic rings. The summed E-state index contributed by atoms with van der Waals surface area (Å²) in [5.41, 5.74) is 1.24. The number of esters is 1. The number of carbonyl (C=O) groups excluding carboxylic acids is 2. The van der Waals surface area contributed by atoms with Crippen LogP contribution in [0.3, 0.4) is 0 Å². The van der Waals surface area contributed by atoms with Gasteiger partial charge in [0.25, 0.3) is 0 Å². The minimum absolute atomic E-state index is 0.302. The number of amides is 1. The van der Waals surface area contributed by atoms with Crippen molar-refractivity contribution in [1.29, 1.82) is 0 Å². The van der Waals surface area contributed by atoms with E-state index in [1.165, 1.54) is 12.4 Å². The molecule has 2 aromatic rings. The minimum atomic E-state index is -1.84. The lowest BCUT2D eigenvalue weighted by atomic mass is 10.0. The zero-order valence-electron chi connectivity index (χ0n) is 19.6. The van der Waals surface area contributed by atoms with E-state index in [0.29, 0.717) is 11.4 Å². The Bertz CT molecular complexity index is 923. The standard InChI is InChI=1S/C23H35ClN2O4Si/c1-8-31(9-2,10-3)20-16(15-12-11-13-17(24)19(15)26-20)14-18(21(27)29-7)25-22(28)30-23(4,5)6/h11-13,18,26H,8-10,14H2,1-7H3,(H,25,28)/t18-/m0/s1. The van der Waals surface area contributed by atoms with Crippen LogP contribution in [0.1, 0.15) is 47.1 Å². The Labute approximate surface area is 191 Å². The number of ether oxygens (including phenoxy) is 2. The zero-order valence-corrected chi connectivity index (χ0v) is 21.4. The van der Waals surface area contributed by atoms with Crippen molar-refractivity contribution in [3.8, 4) is 0 Å². The van der Waals surface area contributed by atoms with Gasteiger partial charge in [0.05, 0.1) is 17.6 Å². The van der Waals surface area contributed by atoms with Gasteiger partial charge in [-0.2, -0.15) is 0 Å². The molecule has 0 saturated carbocycles. The Morgan fingerprint density at radius 2 is 1.77 bits per heavy atom. The molecule has 2 rings (SSSR count). The number of benzene rings is 1. The molecule has 1 aromatic carbocycles. The van der Waals surface area contributed by atoms with E-state index in [2.05, 4.69) is 31.1 Å². The van der Waals surface area contributed by atoms with Gasteiger partial charge in [0.15, 0.2) is 0 Å². The van der Waals surface area contributed by atoms with Gasteiger partial charge >= 0.3 is 12.1 Å². The first-order chi connectivity index (χ1) is 14.5. The molecule has 1 amide bonds. The van der Waals surface area contributed by atoms with Crippen LogP contribution in [0.5, 0.6) is 0 Å². The second-order valence-electron chi connectivity index (χ2n) is 8.91. The molecule has 0 aliphatic carbocycles. The van der Waals surface area contributed by atoms with E-state index >= 15 is 0 Å². The molecule has 0 radical (unpaired) electrons. The highest BCUT2D eigenvalue weighted by molar-refractivity contribution is 6.91. The van der Waals surface area contributed by atoms with Crippen molar-refractivity contribution >= 4 is 48.0 Å². The highest BCUT2D eigenvalue weighted by Crippen LogP contribution is 2.30. The van der Waals surface area contributed by atoms with Gasteiger partial charge in [-0.3, -0.25) is 0 Å². The van der Waals surface area contributed by atoms with E-state index in [1.807, 2.05) is 18.2 Å². The molecule has 0 saturated heterocycles. The quantitative estimate of drug-likeness (QED) is 0.416. The molecular formula is C23H35ClN2O4Si. The number of aromatic amines is 1. The maximum Gasteiger partial charge on any atom is 0.408 e. The molecule has 6 nitrogen and oxygen atoms in total. The lowest BCUT2D eigenvalue weighted by Crippen LogP contribution is -2.50. The first-order valence-electron chi connectivity index (χ1n) is 10.9. The smallest absolute Gasteiger partial charge is 0.408 e. The zero-order chi connectivity index (χ0) is 23.4. The average molecular weight is 467 g/mol. The van der Waals surface area contributed by atoms with Crippen LogP contribution in [0.25, 0.3) is 10.9 Å². The predicted molar refractivity (Wildman–Crippen MR) is 129 cm³/mol. The fourth-order valence-corrected chi connectivity index (χ4v) is 8.22. The van der Waals surface area contributed by atoms with E-state index in [-0.39, 0.29) is 0 Å². The maximum atomic E-state index is 12.6. The van der Waals surface area contributed by atoms with Gasteiger partial charge in [-0.1, -0.05) is 62.6 Å². The molecule has 172 valence electrons. The van der Waals surface area contributed by atoms with Crippen molar-refractivity contribution in [2.75, 3.05) is 7.11 Å². The summed E-state index contributed by atoms with van der Waals surface area (Å²) in [6.07, 6.45) is -0.344. The van der Waals surface area contributed by atoms with Crippen LogP contribution in [0.15, 0.2) is 18.2 Å². The number of rotatable bonds is 8. The molecule has 0 bridgehead atoms. The summed E-state index contributed by atoms with van der Waals surface area (Å²) >= 11 is 6.51. The van der Waals surface area contributed by atoms with Crippen LogP contribution >= 0.6 is 11.6 Å². The van der Waals surface area contributed by atoms with Crippen LogP contribution in [-0.4, -0.2) is 43.9 Å². The SMILES string of the molecule is CC[Si](CC)(CC)c1[nH]c2c(Cl)cccc2c1C[C@H](NC(=O)OC(C)(C)C)C(=O)OC. The lowest BCUT2D eigenvalue weighted by molar-refractivity contribution is -0.143. The number of hydrogen-bond acceptors (Lipinski definition) is 4. The van der Waals surface area contributed by atoms with E-state index in [9.17, 15) is 9.59 Å². The fraction of sp³-hybridized carbons (Fsp3) is 0.565. The number of fused-ring (bicyclic) bond motifs is 1. The second kappa shape index (κ2) is 10.1. The van der Waals surface area contributed by atoms with Crippen LogP contribution < -0.4 is 10.6 Å². The monoisotopic (exact) mass is 466 g/mol. The topological polar surface area (TPSA) is 80.4 Å². The molecule has 0 aliphatic heterocycles. The molecule has 1 heterocycles. The van der Waals surface area contributed by atoms with Crippen molar-refractivity contribution < 1.29 is 19.1 Å². The second-order valence-corrected chi connectivity index (χ2v) is 14.5. The highest BCUT2D eigenvalue weighted by Gasteiger charge is 2.36. The normalized spacial score (nSPS) is 13.2. The van der Waals surface area contributed by atoms with Crippen LogP contribution in [0, 0.1) is 0 Å². The number of H-pyrrole nitrogens is 1. The van der Waals surface area contributed by atoms with E-state index in [0.717, 1.165) is 34.6 Å². The van der Waals surface area contributed by atoms with Gasteiger partial charge in [0.1, 0.15) is 19.7 Å². The van der Waals surface area contributed by atoms with E-state index in [4.69, 9.17) is 21.1 Å². The number of para-hydroxylation sites is 1. The first-order valence-corrected chi connectivity index (χ1v) is 13.9. The lowest BCUT2D eigenvalue weighted by Gasteiger charge is -2.29. The van der Waals surface area contributed by atoms with Gasteiger partial charge in [-0.15, -0.1) is 0 Å². The third-order valence-electron chi connectivity index (χ3n) is 6.04. The third kappa shape index (κ3) is 5.63. The number of alkyl carbamates (subject to hydrolysis) is 1. The van der Waals surface area contributed by atoms with Crippen molar-refractivity contribution in [3.63, 3.8) is 0 Å². The Morgan fingerprint density at radius 1 is 1.16 bits per heavy atom. The number of carbonyl (C=O) groups is 2. The summed E-state index contributed by atoms with van der Waals surface area (Å²) in [7, 11) is -0.523. The van der Waals surface area contributed by atoms with Crippen molar-refractivity contribution in [2.45, 2.75) is 77.7 Å². The van der Waals surface area contributed by atoms with Crippen LogP contribution in [-0.2, 0) is 20.7 Å². The first kappa shape index (κ1) is 25.3. The molecular weight excluding hydrogens is 432 g/mol. The van der Waals surface area contributed by atoms with Gasteiger partial charge in [0, 0.05) is 17.1 Å². The molecule has 2 N–H and O–H groups in total. The van der Waals surface area contributed by atoms with Crippen LogP contribution in [0.2, 0.25) is 23.2 Å². The Kier molecular flexibility index (Phi) is 8.22. The van der Waals surface area contributed by atoms with Crippen molar-refractivity contribution in [2.24, 2.45) is 0 Å². The molecule has 31 heavy (non-hydrogen) atoms. The van der Waals surface area contributed by atoms with E-state index < -0.39 is 31.8 Å². The van der Waals surface area contributed by atoms with Gasteiger partial charge < -0.3 is 19.8 Å².